The zero-order chi connectivity index (χ0) is 24.0. The molecule has 0 bridgehead atoms. The van der Waals surface area contributed by atoms with Crippen LogP contribution in [0.2, 0.25) is 0 Å². The molecule has 5 heteroatoms. The summed E-state index contributed by atoms with van der Waals surface area (Å²) in [5, 5.41) is 0. The molecular weight excluding hydrogens is 428 g/mol. The quantitative estimate of drug-likeness (QED) is 0.162. The molecule has 34 heavy (non-hydrogen) atoms. The summed E-state index contributed by atoms with van der Waals surface area (Å²) >= 11 is 0. The van der Waals surface area contributed by atoms with Crippen molar-refractivity contribution in [1.29, 1.82) is 0 Å². The molecule has 5 nitrogen and oxygen atoms in total. The molecule has 0 aromatic heterocycles. The van der Waals surface area contributed by atoms with Crippen LogP contribution in [0.15, 0.2) is 78.9 Å². The number of benzene rings is 3. The van der Waals surface area contributed by atoms with Gasteiger partial charge in [-0.3, -0.25) is 0 Å². The molecule has 3 aromatic carbocycles. The average Bonchev–Trinajstić information content (AvgIpc) is 2.87. The van der Waals surface area contributed by atoms with Gasteiger partial charge >= 0.3 is 11.9 Å². The Morgan fingerprint density at radius 2 is 1.26 bits per heavy atom. The molecule has 0 aliphatic carbocycles. The van der Waals surface area contributed by atoms with Crippen LogP contribution in [0.3, 0.4) is 0 Å². The summed E-state index contributed by atoms with van der Waals surface area (Å²) in [6, 6.07) is 23.1. The number of hydrogen-bond donors (Lipinski definition) is 0. The van der Waals surface area contributed by atoms with Gasteiger partial charge in [-0.05, 0) is 60.5 Å². The average molecular weight is 461 g/mol. The molecular formula is C29H32O5. The molecule has 0 aliphatic heterocycles. The highest BCUT2D eigenvalue weighted by Gasteiger charge is 2.11. The lowest BCUT2D eigenvalue weighted by Crippen LogP contribution is -2.10. The first kappa shape index (κ1) is 25.0. The Balaban J connectivity index is 1.41. The number of ether oxygens (including phenoxy) is 3. The molecule has 0 amide bonds. The number of unbranched alkanes of at least 4 members (excludes halogenated alkanes) is 4. The summed E-state index contributed by atoms with van der Waals surface area (Å²) in [6.07, 6.45) is 6.58. The normalized spacial score (nSPS) is 10.5. The first-order chi connectivity index (χ1) is 16.7. The van der Waals surface area contributed by atoms with E-state index in [0.29, 0.717) is 36.5 Å². The van der Waals surface area contributed by atoms with Crippen molar-refractivity contribution in [2.45, 2.75) is 45.4 Å². The molecule has 0 atom stereocenters. The van der Waals surface area contributed by atoms with E-state index in [1.807, 2.05) is 30.3 Å². The fourth-order valence-electron chi connectivity index (χ4n) is 3.40. The molecule has 3 aromatic rings. The van der Waals surface area contributed by atoms with E-state index in [-0.39, 0.29) is 0 Å². The molecule has 0 spiro atoms. The van der Waals surface area contributed by atoms with Gasteiger partial charge in [-0.25, -0.2) is 9.59 Å². The molecule has 0 N–H and O–H groups in total. The molecule has 3 rings (SSSR count). The summed E-state index contributed by atoms with van der Waals surface area (Å²) in [7, 11) is 0. The zero-order valence-electron chi connectivity index (χ0n) is 19.7. The lowest BCUT2D eigenvalue weighted by atomic mass is 10.2. The lowest BCUT2D eigenvalue weighted by molar-refractivity contribution is 0.0509. The number of rotatable bonds is 13. The summed E-state index contributed by atoms with van der Waals surface area (Å²) in [5.41, 5.74) is 1.95. The van der Waals surface area contributed by atoms with E-state index < -0.39 is 11.9 Å². The molecule has 0 saturated carbocycles. The lowest BCUT2D eigenvalue weighted by Gasteiger charge is -2.08. The fourth-order valence-corrected chi connectivity index (χ4v) is 3.40. The highest BCUT2D eigenvalue weighted by molar-refractivity contribution is 5.92. The van der Waals surface area contributed by atoms with Crippen LogP contribution in [0.4, 0.5) is 0 Å². The van der Waals surface area contributed by atoms with Crippen LogP contribution >= 0.6 is 0 Å². The minimum atomic E-state index is -0.468. The smallest absolute Gasteiger partial charge is 0.343 e. The Kier molecular flexibility index (Phi) is 10.2. The van der Waals surface area contributed by atoms with Crippen molar-refractivity contribution in [3.8, 4) is 11.5 Å². The second-order valence-corrected chi connectivity index (χ2v) is 8.07. The van der Waals surface area contributed by atoms with Gasteiger partial charge in [-0.1, -0.05) is 62.9 Å². The third kappa shape index (κ3) is 8.39. The largest absolute Gasteiger partial charge is 0.494 e. The molecule has 0 unspecified atom stereocenters. The van der Waals surface area contributed by atoms with Gasteiger partial charge in [0.15, 0.2) is 0 Å². The van der Waals surface area contributed by atoms with Crippen molar-refractivity contribution < 1.29 is 23.8 Å². The molecule has 0 aliphatic rings. The van der Waals surface area contributed by atoms with Crippen LogP contribution in [0, 0.1) is 0 Å². The van der Waals surface area contributed by atoms with Gasteiger partial charge < -0.3 is 14.2 Å². The van der Waals surface area contributed by atoms with Crippen LogP contribution in [-0.2, 0) is 11.2 Å². The first-order valence-electron chi connectivity index (χ1n) is 11.9. The van der Waals surface area contributed by atoms with Gasteiger partial charge in [0.05, 0.1) is 24.3 Å². The number of hydrogen-bond acceptors (Lipinski definition) is 5. The maximum Gasteiger partial charge on any atom is 0.343 e. The molecule has 0 radical (unpaired) electrons. The third-order valence-corrected chi connectivity index (χ3v) is 5.37. The maximum absolute atomic E-state index is 12.4. The van der Waals surface area contributed by atoms with E-state index in [4.69, 9.17) is 14.2 Å². The van der Waals surface area contributed by atoms with Crippen LogP contribution in [0.5, 0.6) is 11.5 Å². The van der Waals surface area contributed by atoms with E-state index in [0.717, 1.165) is 17.7 Å². The SMILES string of the molecule is CCCCCCCOc1ccc(C(=O)Oc2ccc(C(=O)OCCc3ccccc3)cc2)cc1. The molecule has 0 fully saturated rings. The third-order valence-electron chi connectivity index (χ3n) is 5.37. The Bertz CT molecular complexity index is 1010. The predicted molar refractivity (Wildman–Crippen MR) is 133 cm³/mol. The van der Waals surface area contributed by atoms with Crippen LogP contribution in [0.1, 0.15) is 65.3 Å². The highest BCUT2D eigenvalue weighted by Crippen LogP contribution is 2.18. The van der Waals surface area contributed by atoms with Crippen molar-refractivity contribution in [3.05, 3.63) is 95.6 Å². The summed E-state index contributed by atoms with van der Waals surface area (Å²) in [6.45, 7) is 3.18. The van der Waals surface area contributed by atoms with Crippen molar-refractivity contribution in [2.24, 2.45) is 0 Å². The second-order valence-electron chi connectivity index (χ2n) is 8.07. The molecule has 0 heterocycles. The zero-order valence-corrected chi connectivity index (χ0v) is 19.7. The topological polar surface area (TPSA) is 61.8 Å². The first-order valence-corrected chi connectivity index (χ1v) is 11.9. The van der Waals surface area contributed by atoms with Crippen LogP contribution in [-0.4, -0.2) is 25.2 Å². The Labute approximate surface area is 201 Å². The monoisotopic (exact) mass is 460 g/mol. The van der Waals surface area contributed by atoms with Crippen LogP contribution in [0.25, 0.3) is 0 Å². The second kappa shape index (κ2) is 13.8. The van der Waals surface area contributed by atoms with E-state index in [1.54, 1.807) is 48.5 Å². The highest BCUT2D eigenvalue weighted by atomic mass is 16.5. The van der Waals surface area contributed by atoms with Gasteiger partial charge in [0.25, 0.3) is 0 Å². The van der Waals surface area contributed by atoms with Crippen molar-refractivity contribution in [3.63, 3.8) is 0 Å². The van der Waals surface area contributed by atoms with Crippen molar-refractivity contribution in [1.82, 2.24) is 0 Å². The summed E-state index contributed by atoms with van der Waals surface area (Å²) in [4.78, 5) is 24.6. The minimum absolute atomic E-state index is 0.304. The fraction of sp³-hybridized carbons (Fsp3) is 0.310. The number of carbonyl (C=O) groups is 2. The summed E-state index contributed by atoms with van der Waals surface area (Å²) < 4.78 is 16.5. The van der Waals surface area contributed by atoms with E-state index in [1.165, 1.54) is 25.7 Å². The van der Waals surface area contributed by atoms with Crippen LogP contribution < -0.4 is 9.47 Å². The predicted octanol–water partition coefficient (Wildman–Crippen LogP) is 6.65. The van der Waals surface area contributed by atoms with Gasteiger partial charge in [0.2, 0.25) is 0 Å². The van der Waals surface area contributed by atoms with Crippen molar-refractivity contribution in [2.75, 3.05) is 13.2 Å². The summed E-state index contributed by atoms with van der Waals surface area (Å²) in [5.74, 6) is 0.222. The Morgan fingerprint density at radius 1 is 0.647 bits per heavy atom. The van der Waals surface area contributed by atoms with Gasteiger partial charge in [-0.15, -0.1) is 0 Å². The standard InChI is InChI=1S/C29H32O5/c1-2-3-4-5-9-21-32-26-16-12-25(13-17-26)29(31)34-27-18-14-24(15-19-27)28(30)33-22-20-23-10-7-6-8-11-23/h6-8,10-19H,2-5,9,20-22H2,1H3. The number of esters is 2. The molecule has 178 valence electrons. The van der Waals surface area contributed by atoms with Crippen molar-refractivity contribution >= 4 is 11.9 Å². The van der Waals surface area contributed by atoms with Gasteiger partial charge in [0, 0.05) is 6.42 Å². The van der Waals surface area contributed by atoms with E-state index >= 15 is 0 Å². The maximum atomic E-state index is 12.4. The minimum Gasteiger partial charge on any atom is -0.494 e. The Morgan fingerprint density at radius 3 is 1.94 bits per heavy atom. The van der Waals surface area contributed by atoms with E-state index in [9.17, 15) is 9.59 Å². The number of carbonyl (C=O) groups excluding carboxylic acids is 2. The van der Waals surface area contributed by atoms with Gasteiger partial charge in [-0.2, -0.15) is 0 Å². The van der Waals surface area contributed by atoms with E-state index in [2.05, 4.69) is 6.92 Å². The Hall–Kier alpha value is -3.60. The molecule has 0 saturated heterocycles. The van der Waals surface area contributed by atoms with Gasteiger partial charge in [0.1, 0.15) is 11.5 Å².